The van der Waals surface area contributed by atoms with Crippen molar-refractivity contribution in [2.45, 2.75) is 26.2 Å². The van der Waals surface area contributed by atoms with E-state index in [0.717, 1.165) is 21.6 Å². The van der Waals surface area contributed by atoms with Gasteiger partial charge < -0.3 is 10.1 Å². The SMILES string of the molecule is CCOC(=O)c1nn(-c2cccc(C)c2)c(=O)c2c(NC(=O)c3cc(C(F)(F)F)cc(C(F)(F)F)c3)scc12. The third kappa shape index (κ3) is 5.65. The number of ether oxygens (including phenoxy) is 1. The molecule has 1 amide bonds. The van der Waals surface area contributed by atoms with Crippen molar-refractivity contribution < 1.29 is 40.7 Å². The van der Waals surface area contributed by atoms with Crippen LogP contribution in [-0.4, -0.2) is 28.3 Å². The number of benzene rings is 2. The highest BCUT2D eigenvalue weighted by Gasteiger charge is 2.37. The molecule has 39 heavy (non-hydrogen) atoms. The molecular formula is C25H17F6N3O4S. The molecule has 2 heterocycles. The van der Waals surface area contributed by atoms with E-state index in [1.807, 2.05) is 0 Å². The van der Waals surface area contributed by atoms with Gasteiger partial charge in [-0.05, 0) is 49.7 Å². The molecule has 204 valence electrons. The summed E-state index contributed by atoms with van der Waals surface area (Å²) in [7, 11) is 0. The lowest BCUT2D eigenvalue weighted by Crippen LogP contribution is -2.25. The van der Waals surface area contributed by atoms with Crippen LogP contribution in [0.15, 0.2) is 52.6 Å². The van der Waals surface area contributed by atoms with Crippen molar-refractivity contribution in [1.82, 2.24) is 9.78 Å². The quantitative estimate of drug-likeness (QED) is 0.228. The van der Waals surface area contributed by atoms with E-state index in [-0.39, 0.29) is 52.0 Å². The smallest absolute Gasteiger partial charge is 0.416 e. The number of thiophene rings is 1. The van der Waals surface area contributed by atoms with E-state index in [4.69, 9.17) is 4.74 Å². The zero-order valence-corrected chi connectivity index (χ0v) is 20.8. The predicted molar refractivity (Wildman–Crippen MR) is 130 cm³/mol. The van der Waals surface area contributed by atoms with Crippen LogP contribution in [-0.2, 0) is 17.1 Å². The summed E-state index contributed by atoms with van der Waals surface area (Å²) in [5, 5.41) is 7.21. The lowest BCUT2D eigenvalue weighted by molar-refractivity contribution is -0.143. The number of alkyl halides is 6. The van der Waals surface area contributed by atoms with E-state index in [9.17, 15) is 40.7 Å². The zero-order chi connectivity index (χ0) is 28.7. The lowest BCUT2D eigenvalue weighted by Gasteiger charge is -2.14. The van der Waals surface area contributed by atoms with Crippen molar-refractivity contribution in [3.8, 4) is 5.69 Å². The molecule has 0 atom stereocenters. The Labute approximate surface area is 219 Å². The maximum Gasteiger partial charge on any atom is 0.416 e. The third-order valence-corrected chi connectivity index (χ3v) is 6.34. The Hall–Kier alpha value is -4.20. The number of nitrogens with one attached hydrogen (secondary N) is 1. The summed E-state index contributed by atoms with van der Waals surface area (Å²) >= 11 is 0.739. The van der Waals surface area contributed by atoms with Crippen LogP contribution >= 0.6 is 11.3 Å². The van der Waals surface area contributed by atoms with Crippen molar-refractivity contribution in [3.05, 3.63) is 86.1 Å². The molecule has 0 aliphatic carbocycles. The molecule has 4 rings (SSSR count). The van der Waals surface area contributed by atoms with Crippen LogP contribution < -0.4 is 10.9 Å². The molecule has 0 unspecified atom stereocenters. The number of carbonyl (C=O) groups is 2. The highest BCUT2D eigenvalue weighted by atomic mass is 32.1. The number of aromatic nitrogens is 2. The highest BCUT2D eigenvalue weighted by molar-refractivity contribution is 7.16. The van der Waals surface area contributed by atoms with Gasteiger partial charge in [0.2, 0.25) is 0 Å². The number of carbonyl (C=O) groups excluding carboxylic acids is 2. The van der Waals surface area contributed by atoms with Crippen LogP contribution in [0.5, 0.6) is 0 Å². The second-order valence-electron chi connectivity index (χ2n) is 8.23. The van der Waals surface area contributed by atoms with Gasteiger partial charge in [-0.25, -0.2) is 4.79 Å². The van der Waals surface area contributed by atoms with E-state index >= 15 is 0 Å². The molecule has 0 bridgehead atoms. The minimum Gasteiger partial charge on any atom is -0.461 e. The van der Waals surface area contributed by atoms with Gasteiger partial charge in [-0.1, -0.05) is 12.1 Å². The Balaban J connectivity index is 1.88. The summed E-state index contributed by atoms with van der Waals surface area (Å²) in [5.41, 5.74) is -4.32. The minimum absolute atomic E-state index is 0.0114. The number of rotatable bonds is 5. The Kier molecular flexibility index (Phi) is 7.25. The molecule has 0 saturated heterocycles. The highest BCUT2D eigenvalue weighted by Crippen LogP contribution is 2.37. The summed E-state index contributed by atoms with van der Waals surface area (Å²) in [6.45, 7) is 3.28. The average Bonchev–Trinajstić information content (AvgIpc) is 3.27. The molecule has 4 aromatic rings. The Morgan fingerprint density at radius 1 is 1.03 bits per heavy atom. The molecule has 0 saturated carbocycles. The summed E-state index contributed by atoms with van der Waals surface area (Å²) < 4.78 is 85.5. The van der Waals surface area contributed by atoms with E-state index in [0.29, 0.717) is 0 Å². The van der Waals surface area contributed by atoms with Gasteiger partial charge in [-0.2, -0.15) is 36.1 Å². The van der Waals surface area contributed by atoms with Gasteiger partial charge in [0.25, 0.3) is 11.5 Å². The van der Waals surface area contributed by atoms with Crippen molar-refractivity contribution >= 4 is 39.0 Å². The average molecular weight is 569 g/mol. The number of hydrogen-bond donors (Lipinski definition) is 1. The summed E-state index contributed by atoms with van der Waals surface area (Å²) in [4.78, 5) is 39.0. The van der Waals surface area contributed by atoms with Crippen molar-refractivity contribution in [3.63, 3.8) is 0 Å². The fourth-order valence-electron chi connectivity index (χ4n) is 3.69. The Morgan fingerprint density at radius 2 is 1.67 bits per heavy atom. The first-order valence-corrected chi connectivity index (χ1v) is 12.0. The number of hydrogen-bond acceptors (Lipinski definition) is 6. The topological polar surface area (TPSA) is 90.3 Å². The molecule has 2 aromatic carbocycles. The number of halogens is 6. The fourth-order valence-corrected chi connectivity index (χ4v) is 4.62. The molecule has 0 radical (unpaired) electrons. The maximum absolute atomic E-state index is 13.5. The predicted octanol–water partition coefficient (Wildman–Crippen LogP) is 6.22. The lowest BCUT2D eigenvalue weighted by atomic mass is 10.0. The van der Waals surface area contributed by atoms with Crippen molar-refractivity contribution in [2.24, 2.45) is 0 Å². The van der Waals surface area contributed by atoms with Crippen LogP contribution in [0.2, 0.25) is 0 Å². The molecule has 0 fully saturated rings. The number of esters is 1. The third-order valence-electron chi connectivity index (χ3n) is 5.44. The molecule has 0 spiro atoms. The van der Waals surface area contributed by atoms with Crippen LogP contribution in [0.4, 0.5) is 31.3 Å². The van der Waals surface area contributed by atoms with Gasteiger partial charge in [0.05, 0.1) is 28.8 Å². The van der Waals surface area contributed by atoms with Gasteiger partial charge in [0, 0.05) is 16.3 Å². The summed E-state index contributed by atoms with van der Waals surface area (Å²) in [6, 6.07) is 6.97. The molecule has 0 aliphatic heterocycles. The first-order chi connectivity index (χ1) is 18.2. The van der Waals surface area contributed by atoms with E-state index in [1.54, 1.807) is 32.0 Å². The summed E-state index contributed by atoms with van der Waals surface area (Å²) in [6.07, 6.45) is -10.3. The molecule has 14 heteroatoms. The van der Waals surface area contributed by atoms with Crippen molar-refractivity contribution in [2.75, 3.05) is 11.9 Å². The van der Waals surface area contributed by atoms with Gasteiger partial charge in [0.15, 0.2) is 5.69 Å². The number of fused-ring (bicyclic) bond motifs is 1. The van der Waals surface area contributed by atoms with Crippen molar-refractivity contribution in [1.29, 1.82) is 0 Å². The van der Waals surface area contributed by atoms with Gasteiger partial charge in [-0.3, -0.25) is 9.59 Å². The number of aryl methyl sites for hydroxylation is 1. The second kappa shape index (κ2) is 10.2. The van der Waals surface area contributed by atoms with E-state index in [2.05, 4.69) is 10.4 Å². The number of amides is 1. The monoisotopic (exact) mass is 569 g/mol. The van der Waals surface area contributed by atoms with E-state index in [1.165, 1.54) is 11.4 Å². The van der Waals surface area contributed by atoms with Gasteiger partial charge in [0.1, 0.15) is 5.00 Å². The molecule has 2 aromatic heterocycles. The standard InChI is InChI=1S/C25H17F6N3O4S/c1-3-38-23(37)19-17-11-39-21(18(17)22(36)34(33-19)16-6-4-5-12(2)7-16)32-20(35)13-8-14(24(26,27)28)10-15(9-13)25(29,30)31/h4-11H,3H2,1-2H3,(H,32,35). The molecular weight excluding hydrogens is 552 g/mol. The fraction of sp³-hybridized carbons (Fsp3) is 0.200. The number of anilines is 1. The molecule has 0 aliphatic rings. The van der Waals surface area contributed by atoms with Crippen LogP contribution in [0.25, 0.3) is 16.5 Å². The second-order valence-corrected chi connectivity index (χ2v) is 9.11. The van der Waals surface area contributed by atoms with Gasteiger partial charge in [-0.15, -0.1) is 11.3 Å². The van der Waals surface area contributed by atoms with Crippen LogP contribution in [0.3, 0.4) is 0 Å². The largest absolute Gasteiger partial charge is 0.461 e. The normalized spacial score (nSPS) is 12.0. The minimum atomic E-state index is -5.16. The molecule has 1 N–H and O–H groups in total. The first-order valence-electron chi connectivity index (χ1n) is 11.1. The van der Waals surface area contributed by atoms with Crippen LogP contribution in [0, 0.1) is 6.92 Å². The van der Waals surface area contributed by atoms with Crippen LogP contribution in [0.1, 0.15) is 44.5 Å². The zero-order valence-electron chi connectivity index (χ0n) is 20.0. The van der Waals surface area contributed by atoms with Gasteiger partial charge >= 0.3 is 18.3 Å². The molecule has 7 nitrogen and oxygen atoms in total. The Bertz CT molecular complexity index is 1620. The summed E-state index contributed by atoms with van der Waals surface area (Å²) in [5.74, 6) is -2.21. The maximum atomic E-state index is 13.5. The number of nitrogens with zero attached hydrogens (tertiary/aromatic N) is 2. The first kappa shape index (κ1) is 27.8. The Morgan fingerprint density at radius 3 is 2.23 bits per heavy atom. The van der Waals surface area contributed by atoms with E-state index < -0.39 is 46.5 Å².